The third kappa shape index (κ3) is 2.46. The number of hydrogen-bond donors (Lipinski definition) is 1. The summed E-state index contributed by atoms with van der Waals surface area (Å²) < 4.78 is 2.10. The van der Waals surface area contributed by atoms with Crippen molar-refractivity contribution in [2.75, 3.05) is 0 Å². The standard InChI is InChI=1S/C6H6BrNO3S/c7-4-3-8(6(11)12-4)2-1-5(9)10/h3H,1-2H2,(H,9,10). The second-order valence-electron chi connectivity index (χ2n) is 2.14. The lowest BCUT2D eigenvalue weighted by molar-refractivity contribution is -0.137. The van der Waals surface area contributed by atoms with Crippen LogP contribution in [0.4, 0.5) is 0 Å². The summed E-state index contributed by atoms with van der Waals surface area (Å²) in [6.07, 6.45) is 1.57. The summed E-state index contributed by atoms with van der Waals surface area (Å²) >= 11 is 4.19. The first kappa shape index (κ1) is 9.47. The molecule has 0 aliphatic heterocycles. The van der Waals surface area contributed by atoms with Gasteiger partial charge in [0, 0.05) is 12.7 Å². The van der Waals surface area contributed by atoms with Crippen molar-refractivity contribution in [3.63, 3.8) is 0 Å². The number of carboxylic acid groups (broad SMARTS) is 1. The van der Waals surface area contributed by atoms with Gasteiger partial charge in [-0.2, -0.15) is 0 Å². The molecule has 4 nitrogen and oxygen atoms in total. The molecule has 0 radical (unpaired) electrons. The lowest BCUT2D eigenvalue weighted by Gasteiger charge is -1.95. The van der Waals surface area contributed by atoms with Gasteiger partial charge in [0.1, 0.15) is 0 Å². The van der Waals surface area contributed by atoms with Crippen LogP contribution in [0.15, 0.2) is 14.8 Å². The van der Waals surface area contributed by atoms with Crippen molar-refractivity contribution in [2.45, 2.75) is 13.0 Å². The highest BCUT2D eigenvalue weighted by atomic mass is 79.9. The third-order valence-corrected chi connectivity index (χ3v) is 2.64. The Kier molecular flexibility index (Phi) is 3.05. The van der Waals surface area contributed by atoms with Crippen molar-refractivity contribution >= 4 is 33.2 Å². The first-order valence-corrected chi connectivity index (χ1v) is 4.78. The molecule has 0 amide bonds. The fraction of sp³-hybridized carbons (Fsp3) is 0.333. The van der Waals surface area contributed by atoms with Crippen molar-refractivity contribution in [3.8, 4) is 0 Å². The first-order valence-electron chi connectivity index (χ1n) is 3.17. The summed E-state index contributed by atoms with van der Waals surface area (Å²) in [5.41, 5.74) is 0. The molecule has 0 unspecified atom stereocenters. The van der Waals surface area contributed by atoms with Crippen LogP contribution in [0.1, 0.15) is 6.42 Å². The molecule has 6 heteroatoms. The van der Waals surface area contributed by atoms with Gasteiger partial charge in [0.05, 0.1) is 10.2 Å². The molecule has 0 spiro atoms. The Labute approximate surface area is 80.6 Å². The Morgan fingerprint density at radius 1 is 1.75 bits per heavy atom. The molecule has 1 N–H and O–H groups in total. The van der Waals surface area contributed by atoms with Gasteiger partial charge in [0.2, 0.25) is 0 Å². The van der Waals surface area contributed by atoms with Crippen LogP contribution >= 0.6 is 27.3 Å². The number of aromatic nitrogens is 1. The highest BCUT2D eigenvalue weighted by Gasteiger charge is 2.03. The summed E-state index contributed by atoms with van der Waals surface area (Å²) in [5.74, 6) is -0.899. The summed E-state index contributed by atoms with van der Waals surface area (Å²) in [6.45, 7) is 0.232. The number of halogens is 1. The van der Waals surface area contributed by atoms with E-state index in [9.17, 15) is 9.59 Å². The van der Waals surface area contributed by atoms with Gasteiger partial charge >= 0.3 is 10.8 Å². The number of nitrogens with zero attached hydrogens (tertiary/aromatic N) is 1. The molecular weight excluding hydrogens is 246 g/mol. The number of thiazole rings is 1. The first-order chi connectivity index (χ1) is 5.59. The van der Waals surface area contributed by atoms with Crippen LogP contribution in [0.2, 0.25) is 0 Å². The monoisotopic (exact) mass is 251 g/mol. The molecule has 66 valence electrons. The molecule has 1 heterocycles. The van der Waals surface area contributed by atoms with Gasteiger partial charge in [0.25, 0.3) is 0 Å². The topological polar surface area (TPSA) is 59.3 Å². The largest absolute Gasteiger partial charge is 0.481 e. The van der Waals surface area contributed by atoms with Gasteiger partial charge in [-0.15, -0.1) is 0 Å². The lowest BCUT2D eigenvalue weighted by Crippen LogP contribution is -2.14. The number of hydrogen-bond acceptors (Lipinski definition) is 3. The highest BCUT2D eigenvalue weighted by molar-refractivity contribution is 9.11. The zero-order valence-electron chi connectivity index (χ0n) is 5.99. The fourth-order valence-electron chi connectivity index (χ4n) is 0.716. The molecule has 0 saturated heterocycles. The minimum Gasteiger partial charge on any atom is -0.481 e. The van der Waals surface area contributed by atoms with E-state index < -0.39 is 5.97 Å². The van der Waals surface area contributed by atoms with Gasteiger partial charge in [-0.3, -0.25) is 9.59 Å². The van der Waals surface area contributed by atoms with Crippen LogP contribution in [0.3, 0.4) is 0 Å². The van der Waals surface area contributed by atoms with Gasteiger partial charge in [0.15, 0.2) is 0 Å². The second-order valence-corrected chi connectivity index (χ2v) is 4.51. The van der Waals surface area contributed by atoms with Gasteiger partial charge in [-0.05, 0) is 15.9 Å². The number of carbonyl (C=O) groups is 1. The number of carboxylic acids is 1. The Morgan fingerprint density at radius 2 is 2.42 bits per heavy atom. The van der Waals surface area contributed by atoms with Crippen LogP contribution in [0, 0.1) is 0 Å². The third-order valence-electron chi connectivity index (χ3n) is 1.24. The van der Waals surface area contributed by atoms with E-state index in [1.807, 2.05) is 0 Å². The fourth-order valence-corrected chi connectivity index (χ4v) is 1.99. The average Bonchev–Trinajstić information content (AvgIpc) is 2.26. The molecular formula is C6H6BrNO3S. The van der Waals surface area contributed by atoms with Gasteiger partial charge < -0.3 is 9.67 Å². The Bertz CT molecular complexity index is 343. The van der Waals surface area contributed by atoms with E-state index in [0.29, 0.717) is 0 Å². The predicted molar refractivity (Wildman–Crippen MR) is 48.5 cm³/mol. The van der Waals surface area contributed by atoms with Crippen LogP contribution < -0.4 is 4.87 Å². The van der Waals surface area contributed by atoms with Crippen molar-refractivity contribution in [1.82, 2.24) is 4.57 Å². The van der Waals surface area contributed by atoms with E-state index in [0.717, 1.165) is 15.1 Å². The predicted octanol–water partition coefficient (Wildman–Crippen LogP) is 1.15. The van der Waals surface area contributed by atoms with E-state index in [1.54, 1.807) is 6.20 Å². The molecule has 1 rings (SSSR count). The zero-order valence-corrected chi connectivity index (χ0v) is 8.39. The molecule has 0 fully saturated rings. The minimum atomic E-state index is -0.899. The van der Waals surface area contributed by atoms with E-state index in [4.69, 9.17) is 5.11 Å². The van der Waals surface area contributed by atoms with Crippen LogP contribution in [-0.2, 0) is 11.3 Å². The molecule has 0 aliphatic rings. The SMILES string of the molecule is O=C(O)CCn1cc(Br)sc1=O. The van der Waals surface area contributed by atoms with E-state index in [-0.39, 0.29) is 17.8 Å². The van der Waals surface area contributed by atoms with Crippen molar-refractivity contribution in [2.24, 2.45) is 0 Å². The highest BCUT2D eigenvalue weighted by Crippen LogP contribution is 2.11. The molecule has 0 saturated carbocycles. The smallest absolute Gasteiger partial charge is 0.308 e. The Hall–Kier alpha value is -0.620. The molecule has 0 aromatic carbocycles. The molecule has 0 atom stereocenters. The van der Waals surface area contributed by atoms with Gasteiger partial charge in [-0.1, -0.05) is 11.3 Å². The van der Waals surface area contributed by atoms with E-state index in [2.05, 4.69) is 15.9 Å². The molecule has 12 heavy (non-hydrogen) atoms. The van der Waals surface area contributed by atoms with Gasteiger partial charge in [-0.25, -0.2) is 0 Å². The summed E-state index contributed by atoms with van der Waals surface area (Å²) in [5, 5.41) is 8.35. The van der Waals surface area contributed by atoms with Crippen molar-refractivity contribution in [3.05, 3.63) is 19.7 Å². The maximum Gasteiger partial charge on any atom is 0.308 e. The molecule has 1 aromatic rings. The summed E-state index contributed by atoms with van der Waals surface area (Å²) in [6, 6.07) is 0. The number of aliphatic carboxylic acids is 1. The van der Waals surface area contributed by atoms with Crippen molar-refractivity contribution in [1.29, 1.82) is 0 Å². The zero-order chi connectivity index (χ0) is 9.14. The normalized spacial score (nSPS) is 10.1. The Balaban J connectivity index is 2.69. The molecule has 0 aliphatic carbocycles. The molecule has 0 bridgehead atoms. The number of rotatable bonds is 3. The van der Waals surface area contributed by atoms with Crippen LogP contribution in [0.5, 0.6) is 0 Å². The second kappa shape index (κ2) is 3.86. The Morgan fingerprint density at radius 3 is 2.83 bits per heavy atom. The van der Waals surface area contributed by atoms with E-state index >= 15 is 0 Å². The van der Waals surface area contributed by atoms with Crippen LogP contribution in [-0.4, -0.2) is 15.6 Å². The van der Waals surface area contributed by atoms with E-state index in [1.165, 1.54) is 4.57 Å². The van der Waals surface area contributed by atoms with Crippen LogP contribution in [0.25, 0.3) is 0 Å². The minimum absolute atomic E-state index is 0.0247. The lowest BCUT2D eigenvalue weighted by atomic mass is 10.4. The number of aryl methyl sites for hydroxylation is 1. The summed E-state index contributed by atoms with van der Waals surface area (Å²) in [7, 11) is 0. The molecule has 1 aromatic heterocycles. The van der Waals surface area contributed by atoms with Crippen molar-refractivity contribution < 1.29 is 9.90 Å². The summed E-state index contributed by atoms with van der Waals surface area (Å²) in [4.78, 5) is 21.0. The average molecular weight is 252 g/mol. The quantitative estimate of drug-likeness (QED) is 0.877. The maximum absolute atomic E-state index is 11.0. The maximum atomic E-state index is 11.0.